The van der Waals surface area contributed by atoms with Crippen molar-refractivity contribution in [1.82, 2.24) is 4.90 Å². The molecule has 0 aliphatic rings. The van der Waals surface area contributed by atoms with Crippen LogP contribution in [-0.4, -0.2) is 39.1 Å². The highest BCUT2D eigenvalue weighted by molar-refractivity contribution is 7.92. The summed E-state index contributed by atoms with van der Waals surface area (Å²) >= 11 is 0. The van der Waals surface area contributed by atoms with Gasteiger partial charge in [0.2, 0.25) is 15.9 Å². The maximum absolute atomic E-state index is 12.3. The van der Waals surface area contributed by atoms with Crippen LogP contribution < -0.4 is 4.31 Å². The molecular formula is C18H22N2O3S. The van der Waals surface area contributed by atoms with Crippen LogP contribution in [0, 0.1) is 0 Å². The molecule has 2 aromatic carbocycles. The molecule has 0 radical (unpaired) electrons. The van der Waals surface area contributed by atoms with Crippen LogP contribution in [0.25, 0.3) is 0 Å². The van der Waals surface area contributed by atoms with E-state index in [1.54, 1.807) is 36.2 Å². The molecule has 6 heteroatoms. The molecule has 2 rings (SSSR count). The van der Waals surface area contributed by atoms with Crippen molar-refractivity contribution < 1.29 is 13.2 Å². The Kier molecular flexibility index (Phi) is 5.98. The number of hydrogen-bond acceptors (Lipinski definition) is 3. The summed E-state index contributed by atoms with van der Waals surface area (Å²) in [5.41, 5.74) is 1.61. The first-order valence-electron chi connectivity index (χ1n) is 7.68. The van der Waals surface area contributed by atoms with Gasteiger partial charge in [0, 0.05) is 26.6 Å². The zero-order valence-electron chi connectivity index (χ0n) is 13.9. The summed E-state index contributed by atoms with van der Waals surface area (Å²) in [7, 11) is -1.71. The Morgan fingerprint density at radius 1 is 0.958 bits per heavy atom. The quantitative estimate of drug-likeness (QED) is 0.774. The molecular weight excluding hydrogens is 324 g/mol. The minimum Gasteiger partial charge on any atom is -0.341 e. The standard InChI is InChI=1S/C18H22N2O3S/c1-19(15-16-9-5-3-6-10-16)18(21)13-14-20(24(2,22)23)17-11-7-4-8-12-17/h3-12H,13-15H2,1-2H3. The van der Waals surface area contributed by atoms with Gasteiger partial charge in [-0.25, -0.2) is 8.42 Å². The molecule has 0 fully saturated rings. The summed E-state index contributed by atoms with van der Waals surface area (Å²) < 4.78 is 25.3. The molecule has 0 saturated carbocycles. The molecule has 128 valence electrons. The Bertz CT molecular complexity index is 761. The van der Waals surface area contributed by atoms with Crippen LogP contribution in [0.5, 0.6) is 0 Å². The number of amides is 1. The summed E-state index contributed by atoms with van der Waals surface area (Å²) in [4.78, 5) is 13.9. The largest absolute Gasteiger partial charge is 0.341 e. The van der Waals surface area contributed by atoms with Crippen LogP contribution in [-0.2, 0) is 21.4 Å². The first kappa shape index (κ1) is 18.0. The van der Waals surface area contributed by atoms with Crippen molar-refractivity contribution in [2.24, 2.45) is 0 Å². The number of hydrogen-bond donors (Lipinski definition) is 0. The highest BCUT2D eigenvalue weighted by Crippen LogP contribution is 2.17. The topological polar surface area (TPSA) is 57.7 Å². The van der Waals surface area contributed by atoms with Gasteiger partial charge in [0.15, 0.2) is 0 Å². The number of carbonyl (C=O) groups excluding carboxylic acids is 1. The van der Waals surface area contributed by atoms with E-state index in [1.165, 1.54) is 4.31 Å². The maximum atomic E-state index is 12.3. The maximum Gasteiger partial charge on any atom is 0.232 e. The van der Waals surface area contributed by atoms with Gasteiger partial charge in [-0.05, 0) is 17.7 Å². The average Bonchev–Trinajstić information content (AvgIpc) is 2.55. The molecule has 0 aromatic heterocycles. The fourth-order valence-electron chi connectivity index (χ4n) is 2.41. The molecule has 24 heavy (non-hydrogen) atoms. The third kappa shape index (κ3) is 5.09. The van der Waals surface area contributed by atoms with Crippen LogP contribution in [0.15, 0.2) is 60.7 Å². The van der Waals surface area contributed by atoms with Gasteiger partial charge >= 0.3 is 0 Å². The smallest absolute Gasteiger partial charge is 0.232 e. The van der Waals surface area contributed by atoms with E-state index in [2.05, 4.69) is 0 Å². The molecule has 0 unspecified atom stereocenters. The first-order chi connectivity index (χ1) is 11.4. The molecule has 0 atom stereocenters. The molecule has 0 aliphatic carbocycles. The molecule has 1 amide bonds. The van der Waals surface area contributed by atoms with Crippen molar-refractivity contribution in [1.29, 1.82) is 0 Å². The Morgan fingerprint density at radius 3 is 2.04 bits per heavy atom. The highest BCUT2D eigenvalue weighted by Gasteiger charge is 2.19. The van der Waals surface area contributed by atoms with Crippen LogP contribution in [0.4, 0.5) is 5.69 Å². The van der Waals surface area contributed by atoms with Gasteiger partial charge in [-0.1, -0.05) is 48.5 Å². The van der Waals surface area contributed by atoms with Gasteiger partial charge in [-0.2, -0.15) is 0 Å². The summed E-state index contributed by atoms with van der Waals surface area (Å²) in [6.07, 6.45) is 1.28. The van der Waals surface area contributed by atoms with Gasteiger partial charge in [-0.3, -0.25) is 9.10 Å². The number of benzene rings is 2. The van der Waals surface area contributed by atoms with Gasteiger partial charge in [0.1, 0.15) is 0 Å². The predicted octanol–water partition coefficient (Wildman–Crippen LogP) is 2.50. The monoisotopic (exact) mass is 346 g/mol. The number of rotatable bonds is 7. The Balaban J connectivity index is 2.00. The van der Waals surface area contributed by atoms with Crippen molar-refractivity contribution in [3.05, 3.63) is 66.2 Å². The van der Waals surface area contributed by atoms with Crippen molar-refractivity contribution in [3.8, 4) is 0 Å². The average molecular weight is 346 g/mol. The highest BCUT2D eigenvalue weighted by atomic mass is 32.2. The van der Waals surface area contributed by atoms with E-state index in [9.17, 15) is 13.2 Å². The normalized spacial score (nSPS) is 11.1. The summed E-state index contributed by atoms with van der Waals surface area (Å²) in [6.45, 7) is 0.630. The molecule has 0 N–H and O–H groups in total. The summed E-state index contributed by atoms with van der Waals surface area (Å²) in [6, 6.07) is 18.5. The van der Waals surface area contributed by atoms with Crippen molar-refractivity contribution >= 4 is 21.6 Å². The van der Waals surface area contributed by atoms with E-state index in [0.717, 1.165) is 11.8 Å². The molecule has 5 nitrogen and oxygen atoms in total. The summed E-state index contributed by atoms with van der Waals surface area (Å²) in [5, 5.41) is 0. The second-order valence-electron chi connectivity index (χ2n) is 5.66. The minimum atomic E-state index is -3.44. The van der Waals surface area contributed by atoms with Crippen molar-refractivity contribution in [3.63, 3.8) is 0 Å². The third-order valence-corrected chi connectivity index (χ3v) is 4.86. The van der Waals surface area contributed by atoms with E-state index in [0.29, 0.717) is 12.2 Å². The number of anilines is 1. The predicted molar refractivity (Wildman–Crippen MR) is 96.2 cm³/mol. The van der Waals surface area contributed by atoms with Crippen LogP contribution in [0.2, 0.25) is 0 Å². The van der Waals surface area contributed by atoms with Crippen molar-refractivity contribution in [2.75, 3.05) is 24.2 Å². The second-order valence-corrected chi connectivity index (χ2v) is 7.56. The fraction of sp³-hybridized carbons (Fsp3) is 0.278. The Morgan fingerprint density at radius 2 is 1.50 bits per heavy atom. The first-order valence-corrected chi connectivity index (χ1v) is 9.53. The molecule has 0 spiro atoms. The van der Waals surface area contributed by atoms with Crippen LogP contribution >= 0.6 is 0 Å². The van der Waals surface area contributed by atoms with E-state index in [-0.39, 0.29) is 18.9 Å². The van der Waals surface area contributed by atoms with Crippen LogP contribution in [0.1, 0.15) is 12.0 Å². The molecule has 0 heterocycles. The lowest BCUT2D eigenvalue weighted by molar-refractivity contribution is -0.130. The Hall–Kier alpha value is -2.34. The zero-order valence-corrected chi connectivity index (χ0v) is 14.7. The van der Waals surface area contributed by atoms with E-state index >= 15 is 0 Å². The number of carbonyl (C=O) groups is 1. The lowest BCUT2D eigenvalue weighted by Crippen LogP contribution is -2.35. The van der Waals surface area contributed by atoms with Gasteiger partial charge in [0.25, 0.3) is 0 Å². The van der Waals surface area contributed by atoms with Crippen LogP contribution in [0.3, 0.4) is 0 Å². The molecule has 0 aliphatic heterocycles. The van der Waals surface area contributed by atoms with E-state index in [1.807, 2.05) is 36.4 Å². The minimum absolute atomic E-state index is 0.0940. The lowest BCUT2D eigenvalue weighted by atomic mass is 10.2. The third-order valence-electron chi connectivity index (χ3n) is 3.66. The second kappa shape index (κ2) is 7.97. The summed E-state index contributed by atoms with van der Waals surface area (Å²) in [5.74, 6) is -0.0940. The lowest BCUT2D eigenvalue weighted by Gasteiger charge is -2.24. The van der Waals surface area contributed by atoms with E-state index in [4.69, 9.17) is 0 Å². The SMILES string of the molecule is CN(Cc1ccccc1)C(=O)CCN(c1ccccc1)S(C)(=O)=O. The number of nitrogens with zero attached hydrogens (tertiary/aromatic N) is 2. The Labute approximate surface area is 143 Å². The molecule has 0 bridgehead atoms. The number of para-hydroxylation sites is 1. The number of sulfonamides is 1. The molecule has 2 aromatic rings. The zero-order chi connectivity index (χ0) is 17.6. The fourth-order valence-corrected chi connectivity index (χ4v) is 3.34. The molecule has 0 saturated heterocycles. The van der Waals surface area contributed by atoms with Gasteiger partial charge in [-0.15, -0.1) is 0 Å². The van der Waals surface area contributed by atoms with Crippen molar-refractivity contribution in [2.45, 2.75) is 13.0 Å². The van der Waals surface area contributed by atoms with Gasteiger partial charge < -0.3 is 4.90 Å². The van der Waals surface area contributed by atoms with E-state index < -0.39 is 10.0 Å². The van der Waals surface area contributed by atoms with Gasteiger partial charge in [0.05, 0.1) is 11.9 Å².